The van der Waals surface area contributed by atoms with Gasteiger partial charge in [0.1, 0.15) is 0 Å². The van der Waals surface area contributed by atoms with Gasteiger partial charge in [-0.2, -0.15) is 5.10 Å². The summed E-state index contributed by atoms with van der Waals surface area (Å²) >= 11 is 1.90. The first-order valence-electron chi connectivity index (χ1n) is 5.67. The molecule has 0 amide bonds. The zero-order chi connectivity index (χ0) is 10.8. The van der Waals surface area contributed by atoms with Crippen LogP contribution < -0.4 is 0 Å². The minimum atomic E-state index is 0.993. The SMILES string of the molecule is c1cnn(CCN2CCc3sccc3C2)c1. The molecule has 0 bridgehead atoms. The molecule has 0 aliphatic carbocycles. The maximum Gasteiger partial charge on any atom is 0.0536 e. The Bertz CT molecular complexity index is 447. The van der Waals surface area contributed by atoms with Gasteiger partial charge >= 0.3 is 0 Å². The van der Waals surface area contributed by atoms with Gasteiger partial charge in [-0.15, -0.1) is 11.3 Å². The van der Waals surface area contributed by atoms with Crippen LogP contribution in [0.2, 0.25) is 0 Å². The van der Waals surface area contributed by atoms with Gasteiger partial charge in [0.05, 0.1) is 6.54 Å². The Kier molecular flexibility index (Phi) is 2.76. The van der Waals surface area contributed by atoms with Crippen LogP contribution in [0, 0.1) is 0 Å². The van der Waals surface area contributed by atoms with Gasteiger partial charge in [0.15, 0.2) is 0 Å². The van der Waals surface area contributed by atoms with Crippen molar-refractivity contribution in [3.05, 3.63) is 40.3 Å². The molecule has 0 unspecified atom stereocenters. The molecule has 2 aromatic rings. The van der Waals surface area contributed by atoms with Crippen molar-refractivity contribution < 1.29 is 0 Å². The zero-order valence-corrected chi connectivity index (χ0v) is 9.99. The Morgan fingerprint density at radius 1 is 1.38 bits per heavy atom. The molecule has 4 heteroatoms. The summed E-state index contributed by atoms with van der Waals surface area (Å²) in [5, 5.41) is 6.44. The molecule has 0 aromatic carbocycles. The fourth-order valence-electron chi connectivity index (χ4n) is 2.17. The highest BCUT2D eigenvalue weighted by Crippen LogP contribution is 2.23. The number of hydrogen-bond donors (Lipinski definition) is 0. The van der Waals surface area contributed by atoms with Crippen molar-refractivity contribution in [3.63, 3.8) is 0 Å². The van der Waals surface area contributed by atoms with Crippen molar-refractivity contribution >= 4 is 11.3 Å². The first-order valence-corrected chi connectivity index (χ1v) is 6.55. The summed E-state index contributed by atoms with van der Waals surface area (Å²) in [6.07, 6.45) is 5.08. The van der Waals surface area contributed by atoms with E-state index in [1.165, 1.54) is 18.5 Å². The molecular weight excluding hydrogens is 218 g/mol. The molecule has 3 nitrogen and oxygen atoms in total. The van der Waals surface area contributed by atoms with Crippen LogP contribution in [0.5, 0.6) is 0 Å². The van der Waals surface area contributed by atoms with Crippen LogP contribution in [0.25, 0.3) is 0 Å². The molecule has 1 aliphatic rings. The Hall–Kier alpha value is -1.13. The largest absolute Gasteiger partial charge is 0.297 e. The van der Waals surface area contributed by atoms with Crippen LogP contribution in [0.4, 0.5) is 0 Å². The average Bonchev–Trinajstić information content (AvgIpc) is 2.97. The Morgan fingerprint density at radius 2 is 2.38 bits per heavy atom. The second kappa shape index (κ2) is 4.39. The molecule has 0 N–H and O–H groups in total. The summed E-state index contributed by atoms with van der Waals surface area (Å²) in [4.78, 5) is 4.09. The number of aromatic nitrogens is 2. The minimum Gasteiger partial charge on any atom is -0.297 e. The monoisotopic (exact) mass is 233 g/mol. The van der Waals surface area contributed by atoms with Crippen molar-refractivity contribution in [1.82, 2.24) is 14.7 Å². The van der Waals surface area contributed by atoms with Crippen molar-refractivity contribution in [1.29, 1.82) is 0 Å². The van der Waals surface area contributed by atoms with Gasteiger partial charge in [-0.25, -0.2) is 0 Å². The second-order valence-corrected chi connectivity index (χ2v) is 5.16. The fraction of sp³-hybridized carbons (Fsp3) is 0.417. The van der Waals surface area contributed by atoms with Crippen LogP contribution in [-0.2, 0) is 19.5 Å². The maximum absolute atomic E-state index is 4.23. The van der Waals surface area contributed by atoms with Crippen molar-refractivity contribution in [2.75, 3.05) is 13.1 Å². The highest BCUT2D eigenvalue weighted by atomic mass is 32.1. The van der Waals surface area contributed by atoms with Crippen LogP contribution >= 0.6 is 11.3 Å². The van der Waals surface area contributed by atoms with E-state index in [1.54, 1.807) is 4.88 Å². The molecule has 1 aliphatic heterocycles. The van der Waals surface area contributed by atoms with Gasteiger partial charge in [-0.1, -0.05) is 0 Å². The summed E-state index contributed by atoms with van der Waals surface area (Å²) in [6, 6.07) is 4.24. The van der Waals surface area contributed by atoms with Crippen molar-refractivity contribution in [2.24, 2.45) is 0 Å². The van der Waals surface area contributed by atoms with E-state index in [2.05, 4.69) is 21.4 Å². The predicted octanol–water partition coefficient (Wildman–Crippen LogP) is 2.00. The lowest BCUT2D eigenvalue weighted by molar-refractivity contribution is 0.242. The molecule has 3 rings (SSSR count). The molecule has 16 heavy (non-hydrogen) atoms. The minimum absolute atomic E-state index is 0.993. The molecule has 84 valence electrons. The van der Waals surface area contributed by atoms with Crippen LogP contribution in [0.3, 0.4) is 0 Å². The molecule has 0 spiro atoms. The Labute approximate surface area is 99.3 Å². The van der Waals surface area contributed by atoms with E-state index in [0.29, 0.717) is 0 Å². The highest BCUT2D eigenvalue weighted by Gasteiger charge is 2.16. The van der Waals surface area contributed by atoms with Crippen molar-refractivity contribution in [2.45, 2.75) is 19.5 Å². The number of fused-ring (bicyclic) bond motifs is 1. The summed E-state index contributed by atoms with van der Waals surface area (Å²) in [6.45, 7) is 4.39. The molecule has 0 radical (unpaired) electrons. The third-order valence-corrected chi connectivity index (χ3v) is 4.11. The Balaban J connectivity index is 1.58. The van der Waals surface area contributed by atoms with E-state index in [9.17, 15) is 0 Å². The number of hydrogen-bond acceptors (Lipinski definition) is 3. The lowest BCUT2D eigenvalue weighted by Crippen LogP contribution is -2.32. The van der Waals surface area contributed by atoms with E-state index in [4.69, 9.17) is 0 Å². The fourth-order valence-corrected chi connectivity index (χ4v) is 3.06. The first kappa shape index (κ1) is 10.1. The third-order valence-electron chi connectivity index (χ3n) is 3.09. The van der Waals surface area contributed by atoms with E-state index < -0.39 is 0 Å². The average molecular weight is 233 g/mol. The quantitative estimate of drug-likeness (QED) is 0.808. The lowest BCUT2D eigenvalue weighted by Gasteiger charge is -2.26. The molecule has 2 aromatic heterocycles. The topological polar surface area (TPSA) is 21.1 Å². The molecule has 0 fully saturated rings. The van der Waals surface area contributed by atoms with Crippen LogP contribution in [0.1, 0.15) is 10.4 Å². The standard InChI is InChI=1S/C12H15N3S/c1-4-13-15(5-1)8-7-14-6-2-12-11(10-14)3-9-16-12/h1,3-5,9H,2,6-8,10H2. The number of rotatable bonds is 3. The van der Waals surface area contributed by atoms with E-state index in [-0.39, 0.29) is 0 Å². The summed E-state index contributed by atoms with van der Waals surface area (Å²) in [5.74, 6) is 0. The molecule has 3 heterocycles. The van der Waals surface area contributed by atoms with Crippen LogP contribution in [0.15, 0.2) is 29.9 Å². The number of thiophene rings is 1. The first-order chi connectivity index (χ1) is 7.92. The molecule has 0 saturated carbocycles. The van der Waals surface area contributed by atoms with Gasteiger partial charge in [-0.3, -0.25) is 9.58 Å². The summed E-state index contributed by atoms with van der Waals surface area (Å²) < 4.78 is 2.00. The maximum atomic E-state index is 4.23. The Morgan fingerprint density at radius 3 is 3.25 bits per heavy atom. The van der Waals surface area contributed by atoms with E-state index in [0.717, 1.165) is 19.6 Å². The third kappa shape index (κ3) is 2.03. The van der Waals surface area contributed by atoms with Gasteiger partial charge in [0, 0.05) is 36.9 Å². The van der Waals surface area contributed by atoms with Gasteiger partial charge in [0.2, 0.25) is 0 Å². The normalized spacial score (nSPS) is 16.2. The van der Waals surface area contributed by atoms with Gasteiger partial charge in [0.25, 0.3) is 0 Å². The van der Waals surface area contributed by atoms with Crippen LogP contribution in [-0.4, -0.2) is 27.8 Å². The lowest BCUT2D eigenvalue weighted by atomic mass is 10.1. The second-order valence-electron chi connectivity index (χ2n) is 4.16. The highest BCUT2D eigenvalue weighted by molar-refractivity contribution is 7.10. The van der Waals surface area contributed by atoms with E-state index in [1.807, 2.05) is 34.5 Å². The molecular formula is C12H15N3S. The van der Waals surface area contributed by atoms with Gasteiger partial charge in [-0.05, 0) is 29.5 Å². The van der Waals surface area contributed by atoms with Crippen molar-refractivity contribution in [3.8, 4) is 0 Å². The predicted molar refractivity (Wildman–Crippen MR) is 65.5 cm³/mol. The van der Waals surface area contributed by atoms with Gasteiger partial charge < -0.3 is 0 Å². The smallest absolute Gasteiger partial charge is 0.0536 e. The van der Waals surface area contributed by atoms with E-state index >= 15 is 0 Å². The summed E-state index contributed by atoms with van der Waals surface area (Å²) in [7, 11) is 0. The molecule has 0 saturated heterocycles. The number of nitrogens with zero attached hydrogens (tertiary/aromatic N) is 3. The summed E-state index contributed by atoms with van der Waals surface area (Å²) in [5.41, 5.74) is 1.52. The molecule has 0 atom stereocenters. The zero-order valence-electron chi connectivity index (χ0n) is 9.17.